The minimum atomic E-state index is -4.77. The molecule has 167 valence electrons. The zero-order valence-corrected chi connectivity index (χ0v) is 19.4. The summed E-state index contributed by atoms with van der Waals surface area (Å²) in [6, 6.07) is 10.8. The minimum absolute atomic E-state index is 0. The van der Waals surface area contributed by atoms with Crippen LogP contribution in [0.2, 0.25) is 0 Å². The van der Waals surface area contributed by atoms with E-state index in [-0.39, 0.29) is 26.2 Å². The first kappa shape index (κ1) is 25.0. The molecule has 1 radical (unpaired) electrons. The average molecular weight is 626 g/mol. The second-order valence-electron chi connectivity index (χ2n) is 6.43. The molecule has 0 bridgehead atoms. The minimum Gasteiger partial charge on any atom is -0.666 e. The fourth-order valence-electron chi connectivity index (χ4n) is 2.88. The summed E-state index contributed by atoms with van der Waals surface area (Å²) in [4.78, 5) is 24.3. The monoisotopic (exact) mass is 626 g/mol. The molecule has 2 aromatic rings. The number of carbonyl (C=O) groups excluding carboxylic acids is 2. The smallest absolute Gasteiger partial charge is 0.573 e. The Morgan fingerprint density at radius 1 is 1.03 bits per heavy atom. The molecular weight excluding hydrogens is 608 g/mol. The molecule has 1 aliphatic heterocycles. The number of anilines is 2. The average Bonchev–Trinajstić information content (AvgIpc) is 3.12. The molecule has 0 aromatic heterocycles. The molecule has 0 aliphatic carbocycles. The molecule has 3 amide bonds. The van der Waals surface area contributed by atoms with Crippen LogP contribution < -0.4 is 15.4 Å². The van der Waals surface area contributed by atoms with Crippen LogP contribution in [0.25, 0.3) is 5.73 Å². The van der Waals surface area contributed by atoms with Gasteiger partial charge in [-0.15, -0.1) is 13.2 Å². The molecule has 3 rings (SSSR count). The number of nitrogens with one attached hydrogen (secondary N) is 3. The van der Waals surface area contributed by atoms with Crippen LogP contribution in [0, 0.1) is 0 Å². The first-order valence-electron chi connectivity index (χ1n) is 8.93. The van der Waals surface area contributed by atoms with Crippen molar-refractivity contribution in [2.24, 2.45) is 0 Å². The van der Waals surface area contributed by atoms with Crippen molar-refractivity contribution in [1.82, 2.24) is 4.31 Å². The van der Waals surface area contributed by atoms with Gasteiger partial charge in [-0.1, -0.05) is 0 Å². The maximum Gasteiger partial charge on any atom is 0.573 e. The van der Waals surface area contributed by atoms with Gasteiger partial charge in [0.1, 0.15) is 5.75 Å². The molecule has 2 aromatic carbocycles. The van der Waals surface area contributed by atoms with E-state index in [1.54, 1.807) is 24.3 Å². The largest absolute Gasteiger partial charge is 0.666 e. The fourth-order valence-corrected chi connectivity index (χ4v) is 3.96. The maximum absolute atomic E-state index is 12.2. The summed E-state index contributed by atoms with van der Waals surface area (Å²) in [6.45, 7) is 0.731. The van der Waals surface area contributed by atoms with Crippen LogP contribution in [0.1, 0.15) is 12.8 Å². The van der Waals surface area contributed by atoms with Crippen molar-refractivity contribution in [2.45, 2.75) is 30.1 Å². The first-order chi connectivity index (χ1) is 14.2. The third-order valence-electron chi connectivity index (χ3n) is 4.19. The van der Waals surface area contributed by atoms with Gasteiger partial charge < -0.3 is 25.9 Å². The number of alkyl halides is 3. The van der Waals surface area contributed by atoms with Crippen molar-refractivity contribution in [2.75, 3.05) is 17.2 Å². The Labute approximate surface area is 194 Å². The van der Waals surface area contributed by atoms with E-state index in [4.69, 9.17) is 5.73 Å². The summed E-state index contributed by atoms with van der Waals surface area (Å²) in [5, 5.41) is 5.14. The fraction of sp³-hybridized carbons (Fsp3) is 0.263. The Balaban J connectivity index is 0.00000341. The topological polar surface area (TPSA) is 94.5 Å². The number of nitrogens with zero attached hydrogens (tertiary/aromatic N) is 1. The summed E-state index contributed by atoms with van der Waals surface area (Å²) in [6.07, 6.45) is -3.23. The maximum atomic E-state index is 12.2. The summed E-state index contributed by atoms with van der Waals surface area (Å²) in [5.41, 5.74) is 8.14. The zero-order valence-electron chi connectivity index (χ0n) is 15.9. The molecule has 31 heavy (non-hydrogen) atoms. The van der Waals surface area contributed by atoms with E-state index in [1.165, 1.54) is 24.1 Å². The number of urea groups is 1. The number of carbonyl (C=O) groups is 2. The SMILES string of the molecule is [NH-]C(=O)C1CCCN1Sc1ccc(NC(=O)Nc2ccc(OC(F)(F)F)cc2)cc1.[Re]. The van der Waals surface area contributed by atoms with Gasteiger partial charge in [0, 0.05) is 43.2 Å². The molecule has 1 aliphatic rings. The van der Waals surface area contributed by atoms with Crippen LogP contribution in [0.3, 0.4) is 0 Å². The van der Waals surface area contributed by atoms with E-state index in [0.29, 0.717) is 17.8 Å². The second kappa shape index (κ2) is 10.9. The Bertz CT molecular complexity index is 898. The van der Waals surface area contributed by atoms with Gasteiger partial charge in [0.15, 0.2) is 0 Å². The molecule has 1 saturated heterocycles. The predicted octanol–water partition coefficient (Wildman–Crippen LogP) is 5.28. The van der Waals surface area contributed by atoms with Gasteiger partial charge in [-0.25, -0.2) is 9.10 Å². The van der Waals surface area contributed by atoms with E-state index in [1.807, 2.05) is 4.31 Å². The Kier molecular flexibility index (Phi) is 8.76. The summed E-state index contributed by atoms with van der Waals surface area (Å²) >= 11 is 1.40. The third-order valence-corrected chi connectivity index (χ3v) is 5.34. The van der Waals surface area contributed by atoms with Gasteiger partial charge in [0.25, 0.3) is 0 Å². The van der Waals surface area contributed by atoms with Crippen LogP contribution in [-0.4, -0.2) is 35.2 Å². The summed E-state index contributed by atoms with van der Waals surface area (Å²) < 4.78 is 42.1. The van der Waals surface area contributed by atoms with Crippen molar-refractivity contribution >= 4 is 35.3 Å². The molecule has 1 fully saturated rings. The molecule has 0 saturated carbocycles. The Morgan fingerprint density at radius 2 is 1.58 bits per heavy atom. The molecule has 1 atom stereocenters. The molecule has 0 spiro atoms. The van der Waals surface area contributed by atoms with Crippen LogP contribution >= 0.6 is 11.9 Å². The van der Waals surface area contributed by atoms with E-state index in [2.05, 4.69) is 15.4 Å². The van der Waals surface area contributed by atoms with E-state index in [0.717, 1.165) is 30.0 Å². The van der Waals surface area contributed by atoms with Crippen molar-refractivity contribution < 1.29 is 47.9 Å². The van der Waals surface area contributed by atoms with Gasteiger partial charge in [-0.2, -0.15) is 0 Å². The third kappa shape index (κ3) is 7.74. The van der Waals surface area contributed by atoms with Gasteiger partial charge in [-0.3, -0.25) is 0 Å². The molecule has 1 unspecified atom stereocenters. The molecule has 3 N–H and O–H groups in total. The zero-order chi connectivity index (χ0) is 21.7. The number of halogens is 3. The standard InChI is InChI=1S/C19H19F3N4O3S.Re/c20-19(21,22)29-14-7-3-12(4-8-14)24-18(28)25-13-5-9-15(10-6-13)30-26-11-1-2-16(26)17(23)27;/h3-10,16H,1-2,11H2,(H4,23,24,25,27,28);/p-1. The van der Waals surface area contributed by atoms with E-state index < -0.39 is 24.3 Å². The number of hydrogen-bond donors (Lipinski definition) is 2. The van der Waals surface area contributed by atoms with Crippen LogP contribution in [-0.2, 0) is 25.2 Å². The van der Waals surface area contributed by atoms with Gasteiger partial charge >= 0.3 is 12.4 Å². The van der Waals surface area contributed by atoms with E-state index >= 15 is 0 Å². The van der Waals surface area contributed by atoms with Crippen LogP contribution in [0.5, 0.6) is 5.75 Å². The number of ether oxygens (including phenoxy) is 1. The molecule has 7 nitrogen and oxygen atoms in total. The molecule has 1 heterocycles. The van der Waals surface area contributed by atoms with Crippen molar-refractivity contribution in [1.29, 1.82) is 0 Å². The molecular formula is C19H18F3N4O3ReS-. The number of rotatable bonds is 6. The predicted molar refractivity (Wildman–Crippen MR) is 107 cm³/mol. The van der Waals surface area contributed by atoms with Gasteiger partial charge in [0.2, 0.25) is 0 Å². The Hall–Kier alpha value is -2.26. The number of benzene rings is 2. The van der Waals surface area contributed by atoms with Gasteiger partial charge in [-0.05, 0) is 73.3 Å². The van der Waals surface area contributed by atoms with Crippen molar-refractivity contribution in [3.05, 3.63) is 54.3 Å². The molecule has 12 heteroatoms. The number of amides is 3. The summed E-state index contributed by atoms with van der Waals surface area (Å²) in [5.74, 6) is -0.970. The van der Waals surface area contributed by atoms with Crippen LogP contribution in [0.15, 0.2) is 53.4 Å². The van der Waals surface area contributed by atoms with Crippen molar-refractivity contribution in [3.8, 4) is 5.75 Å². The first-order valence-corrected chi connectivity index (χ1v) is 9.71. The Morgan fingerprint density at radius 3 is 2.10 bits per heavy atom. The van der Waals surface area contributed by atoms with Crippen LogP contribution in [0.4, 0.5) is 29.3 Å². The van der Waals surface area contributed by atoms with Gasteiger partial charge in [0.05, 0.1) is 11.9 Å². The van der Waals surface area contributed by atoms with Crippen molar-refractivity contribution in [3.63, 3.8) is 0 Å². The second-order valence-corrected chi connectivity index (χ2v) is 7.55. The summed E-state index contributed by atoms with van der Waals surface area (Å²) in [7, 11) is 0. The normalized spacial score (nSPS) is 16.3. The van der Waals surface area contributed by atoms with E-state index in [9.17, 15) is 22.8 Å². The quantitative estimate of drug-likeness (QED) is 0.427. The number of hydrogen-bond acceptors (Lipinski definition) is 5.